The summed E-state index contributed by atoms with van der Waals surface area (Å²) < 4.78 is 36.7. The molecular formula is C19H13ClFNO6S. The SMILES string of the molecule is CS(=O)(=O)OF.N#Cc1ccc2oc(=O)cc(CC(=O)c3cccc(Cl)c3)c2c1. The van der Waals surface area contributed by atoms with E-state index in [2.05, 4.69) is 4.39 Å². The minimum absolute atomic E-state index is 0.0251. The van der Waals surface area contributed by atoms with Gasteiger partial charge in [0.15, 0.2) is 5.78 Å². The number of ketones is 1. The molecule has 3 rings (SSSR count). The molecule has 0 saturated heterocycles. The highest BCUT2D eigenvalue weighted by atomic mass is 35.5. The van der Waals surface area contributed by atoms with Gasteiger partial charge in [-0.3, -0.25) is 4.79 Å². The molecule has 0 spiro atoms. The Morgan fingerprint density at radius 1 is 1.24 bits per heavy atom. The molecule has 0 atom stereocenters. The zero-order valence-corrected chi connectivity index (χ0v) is 16.5. The number of Topliss-reactive ketones (excluding diaryl/α,β-unsaturated/α-hetero) is 1. The number of nitriles is 1. The summed E-state index contributed by atoms with van der Waals surface area (Å²) in [6.45, 7) is 0. The van der Waals surface area contributed by atoms with Crippen LogP contribution in [-0.4, -0.2) is 20.5 Å². The van der Waals surface area contributed by atoms with Crippen LogP contribution in [0, 0.1) is 11.3 Å². The van der Waals surface area contributed by atoms with Gasteiger partial charge < -0.3 is 4.42 Å². The van der Waals surface area contributed by atoms with Crippen LogP contribution in [-0.2, 0) is 20.9 Å². The van der Waals surface area contributed by atoms with Gasteiger partial charge in [-0.15, -0.1) is 0 Å². The fourth-order valence-electron chi connectivity index (χ4n) is 2.38. The molecule has 0 amide bonds. The van der Waals surface area contributed by atoms with Crippen molar-refractivity contribution < 1.29 is 26.5 Å². The number of carbonyl (C=O) groups is 1. The maximum atomic E-state index is 12.4. The van der Waals surface area contributed by atoms with Crippen molar-refractivity contribution >= 4 is 38.5 Å². The third kappa shape index (κ3) is 6.50. The van der Waals surface area contributed by atoms with E-state index in [1.54, 1.807) is 42.5 Å². The van der Waals surface area contributed by atoms with Gasteiger partial charge in [0.2, 0.25) is 0 Å². The van der Waals surface area contributed by atoms with Crippen LogP contribution in [0.2, 0.25) is 5.02 Å². The van der Waals surface area contributed by atoms with E-state index in [9.17, 15) is 22.5 Å². The van der Waals surface area contributed by atoms with Crippen LogP contribution in [0.25, 0.3) is 11.0 Å². The van der Waals surface area contributed by atoms with Crippen molar-refractivity contribution in [1.82, 2.24) is 0 Å². The Kier molecular flexibility index (Phi) is 7.23. The highest BCUT2D eigenvalue weighted by Gasteiger charge is 2.13. The largest absolute Gasteiger partial charge is 0.423 e. The predicted octanol–water partition coefficient (Wildman–Crippen LogP) is 3.59. The Hall–Kier alpha value is -3.06. The molecule has 0 bridgehead atoms. The maximum absolute atomic E-state index is 12.4. The second kappa shape index (κ2) is 9.43. The van der Waals surface area contributed by atoms with Crippen molar-refractivity contribution in [3.8, 4) is 6.07 Å². The molecule has 0 saturated carbocycles. The summed E-state index contributed by atoms with van der Waals surface area (Å²) in [6.07, 6.45) is 0.643. The molecule has 0 fully saturated rings. The predicted molar refractivity (Wildman–Crippen MR) is 104 cm³/mol. The quantitative estimate of drug-likeness (QED) is 0.452. The first-order chi connectivity index (χ1) is 13.6. The molecule has 29 heavy (non-hydrogen) atoms. The first-order valence-corrected chi connectivity index (χ1v) is 10.1. The van der Waals surface area contributed by atoms with E-state index < -0.39 is 15.7 Å². The minimum Gasteiger partial charge on any atom is -0.423 e. The van der Waals surface area contributed by atoms with Crippen LogP contribution in [0.4, 0.5) is 4.53 Å². The zero-order valence-electron chi connectivity index (χ0n) is 14.9. The number of nitrogens with zero attached hydrogens (tertiary/aromatic N) is 1. The third-order valence-corrected chi connectivity index (χ3v) is 4.03. The molecule has 7 nitrogen and oxygen atoms in total. The Morgan fingerprint density at radius 2 is 1.93 bits per heavy atom. The fraction of sp³-hybridized carbons (Fsp3) is 0.105. The van der Waals surface area contributed by atoms with E-state index in [0.717, 1.165) is 0 Å². The standard InChI is InChI=1S/C18H10ClNO3.CH3FO3S/c19-14-3-1-2-12(7-14)16(21)8-13-9-18(22)23-17-5-4-11(10-20)6-15(13)17;1-6(3,4)5-2/h1-7,9H,8H2;1H3. The van der Waals surface area contributed by atoms with E-state index >= 15 is 0 Å². The van der Waals surface area contributed by atoms with Gasteiger partial charge in [0.25, 0.3) is 10.1 Å². The van der Waals surface area contributed by atoms with Crippen molar-refractivity contribution in [3.05, 3.63) is 80.7 Å². The van der Waals surface area contributed by atoms with Gasteiger partial charge in [-0.1, -0.05) is 28.1 Å². The lowest BCUT2D eigenvalue weighted by Gasteiger charge is -2.06. The van der Waals surface area contributed by atoms with Gasteiger partial charge in [-0.05, 0) is 40.4 Å². The molecular weight excluding hydrogens is 425 g/mol. The third-order valence-electron chi connectivity index (χ3n) is 3.57. The smallest absolute Gasteiger partial charge is 0.336 e. The number of rotatable bonds is 4. The van der Waals surface area contributed by atoms with E-state index in [1.807, 2.05) is 6.07 Å². The number of carbonyl (C=O) groups excluding carboxylic acids is 1. The Balaban J connectivity index is 0.000000438. The molecule has 3 aromatic rings. The summed E-state index contributed by atoms with van der Waals surface area (Å²) >= 11 is 5.90. The second-order valence-corrected chi connectivity index (χ2v) is 7.76. The minimum atomic E-state index is -3.83. The number of hydrogen-bond donors (Lipinski definition) is 0. The van der Waals surface area contributed by atoms with Crippen molar-refractivity contribution in [1.29, 1.82) is 5.26 Å². The normalized spacial score (nSPS) is 10.7. The lowest BCUT2D eigenvalue weighted by Crippen LogP contribution is -2.08. The van der Waals surface area contributed by atoms with Gasteiger partial charge in [-0.2, -0.15) is 13.7 Å². The first kappa shape index (κ1) is 22.2. The number of benzene rings is 2. The van der Waals surface area contributed by atoms with E-state index in [1.165, 1.54) is 6.07 Å². The average Bonchev–Trinajstić information content (AvgIpc) is 2.67. The summed E-state index contributed by atoms with van der Waals surface area (Å²) in [5.74, 6) is -0.165. The molecule has 0 radical (unpaired) electrons. The Bertz CT molecular complexity index is 1260. The van der Waals surface area contributed by atoms with Crippen molar-refractivity contribution in [2.45, 2.75) is 6.42 Å². The molecule has 10 heteroatoms. The van der Waals surface area contributed by atoms with Crippen LogP contribution in [0.3, 0.4) is 0 Å². The van der Waals surface area contributed by atoms with Gasteiger partial charge in [-0.25, -0.2) is 4.79 Å². The first-order valence-electron chi connectivity index (χ1n) is 7.89. The van der Waals surface area contributed by atoms with Crippen molar-refractivity contribution in [2.75, 3.05) is 6.26 Å². The maximum Gasteiger partial charge on any atom is 0.336 e. The molecule has 2 aromatic carbocycles. The Labute approximate surface area is 169 Å². The summed E-state index contributed by atoms with van der Waals surface area (Å²) in [7, 11) is -3.83. The topological polar surface area (TPSA) is 114 Å². The van der Waals surface area contributed by atoms with Crippen LogP contribution in [0.5, 0.6) is 0 Å². The summed E-state index contributed by atoms with van der Waals surface area (Å²) in [5.41, 5.74) is 1.25. The molecule has 150 valence electrons. The molecule has 0 unspecified atom stereocenters. The summed E-state index contributed by atoms with van der Waals surface area (Å²) in [6, 6.07) is 14.7. The molecule has 0 N–H and O–H groups in total. The lowest BCUT2D eigenvalue weighted by atomic mass is 9.99. The van der Waals surface area contributed by atoms with E-state index in [0.29, 0.717) is 38.9 Å². The van der Waals surface area contributed by atoms with Gasteiger partial charge in [0.05, 0.1) is 17.9 Å². The van der Waals surface area contributed by atoms with E-state index in [4.69, 9.17) is 21.3 Å². The summed E-state index contributed by atoms with van der Waals surface area (Å²) in [4.78, 5) is 24.1. The van der Waals surface area contributed by atoms with Gasteiger partial charge in [0.1, 0.15) is 5.58 Å². The van der Waals surface area contributed by atoms with Crippen LogP contribution < -0.4 is 5.63 Å². The second-order valence-electron chi connectivity index (χ2n) is 5.79. The number of hydrogen-bond acceptors (Lipinski definition) is 7. The van der Waals surface area contributed by atoms with Gasteiger partial charge in [0, 0.05) is 28.5 Å². The van der Waals surface area contributed by atoms with Crippen molar-refractivity contribution in [2.24, 2.45) is 0 Å². The average molecular weight is 438 g/mol. The highest BCUT2D eigenvalue weighted by Crippen LogP contribution is 2.21. The van der Waals surface area contributed by atoms with Crippen LogP contribution in [0.15, 0.2) is 57.7 Å². The molecule has 1 heterocycles. The molecule has 0 aliphatic carbocycles. The van der Waals surface area contributed by atoms with Crippen LogP contribution in [0.1, 0.15) is 21.5 Å². The van der Waals surface area contributed by atoms with Crippen molar-refractivity contribution in [3.63, 3.8) is 0 Å². The molecule has 1 aromatic heterocycles. The highest BCUT2D eigenvalue weighted by molar-refractivity contribution is 7.85. The monoisotopic (exact) mass is 437 g/mol. The van der Waals surface area contributed by atoms with E-state index in [-0.39, 0.29) is 12.2 Å². The number of fused-ring (bicyclic) bond motifs is 1. The van der Waals surface area contributed by atoms with Crippen LogP contribution >= 0.6 is 11.6 Å². The number of halogens is 2. The summed E-state index contributed by atoms with van der Waals surface area (Å²) in [5, 5.41) is 10.1. The Morgan fingerprint density at radius 3 is 2.52 bits per heavy atom. The molecule has 0 aliphatic rings. The lowest BCUT2D eigenvalue weighted by molar-refractivity contribution is 0.00420. The molecule has 0 aliphatic heterocycles. The fourth-order valence-corrected chi connectivity index (χ4v) is 2.57. The van der Waals surface area contributed by atoms with Gasteiger partial charge >= 0.3 is 5.63 Å². The zero-order chi connectivity index (χ0) is 21.6.